The lowest BCUT2D eigenvalue weighted by Crippen LogP contribution is -2.32. The second kappa shape index (κ2) is 6.79. The van der Waals surface area contributed by atoms with Gasteiger partial charge < -0.3 is 15.2 Å². The van der Waals surface area contributed by atoms with Crippen molar-refractivity contribution in [2.24, 2.45) is 11.7 Å². The first kappa shape index (κ1) is 18.5. The molecule has 0 fully saturated rings. The second-order valence-corrected chi connectivity index (χ2v) is 6.78. The third kappa shape index (κ3) is 3.77. The number of nitrogens with two attached hydrogens (primary N) is 1. The number of carbonyl (C=O) groups excluding carboxylic acids is 1. The monoisotopic (exact) mass is 387 g/mol. The summed E-state index contributed by atoms with van der Waals surface area (Å²) in [4.78, 5) is 20.8. The van der Waals surface area contributed by atoms with E-state index in [4.69, 9.17) is 17.3 Å². The van der Waals surface area contributed by atoms with E-state index in [0.717, 1.165) is 12.6 Å². The molecule has 3 heterocycles. The van der Waals surface area contributed by atoms with Crippen LogP contribution >= 0.6 is 11.6 Å². The summed E-state index contributed by atoms with van der Waals surface area (Å²) in [7, 11) is 1.79. The van der Waals surface area contributed by atoms with E-state index < -0.39 is 17.8 Å². The van der Waals surface area contributed by atoms with Crippen LogP contribution in [0.3, 0.4) is 0 Å². The lowest BCUT2D eigenvalue weighted by molar-refractivity contribution is -0.141. The number of fused-ring (bicyclic) bond motifs is 1. The van der Waals surface area contributed by atoms with Crippen molar-refractivity contribution in [2.45, 2.75) is 25.6 Å². The highest BCUT2D eigenvalue weighted by molar-refractivity contribution is 6.33. The molecule has 3 rings (SSSR count). The summed E-state index contributed by atoms with van der Waals surface area (Å²) in [6.45, 7) is 1.00. The Morgan fingerprint density at radius 2 is 2.23 bits per heavy atom. The Morgan fingerprint density at radius 1 is 1.50 bits per heavy atom. The number of aromatic nitrogens is 3. The quantitative estimate of drug-likeness (QED) is 0.875. The maximum Gasteiger partial charge on any atom is 0.434 e. The van der Waals surface area contributed by atoms with Gasteiger partial charge in [-0.1, -0.05) is 11.6 Å². The second-order valence-electron chi connectivity index (χ2n) is 6.37. The summed E-state index contributed by atoms with van der Waals surface area (Å²) in [6, 6.07) is 1.45. The van der Waals surface area contributed by atoms with Crippen molar-refractivity contribution in [1.82, 2.24) is 14.5 Å². The first-order valence-electron chi connectivity index (χ1n) is 7.95. The van der Waals surface area contributed by atoms with E-state index in [1.54, 1.807) is 11.6 Å². The van der Waals surface area contributed by atoms with E-state index in [9.17, 15) is 18.0 Å². The molecule has 26 heavy (non-hydrogen) atoms. The Labute approximate surface area is 152 Å². The third-order valence-corrected chi connectivity index (χ3v) is 4.66. The van der Waals surface area contributed by atoms with Gasteiger partial charge in [0.25, 0.3) is 0 Å². The number of aryl methyl sites for hydroxylation is 1. The van der Waals surface area contributed by atoms with Gasteiger partial charge in [-0.25, -0.2) is 9.97 Å². The number of pyridine rings is 1. The molecule has 2 N–H and O–H groups in total. The maximum atomic E-state index is 12.8. The Bertz CT molecular complexity index is 836. The summed E-state index contributed by atoms with van der Waals surface area (Å²) in [5.41, 5.74) is 4.56. The van der Waals surface area contributed by atoms with Crippen LogP contribution in [0.2, 0.25) is 5.02 Å². The predicted molar refractivity (Wildman–Crippen MR) is 90.1 cm³/mol. The molecule has 2 aromatic heterocycles. The SMILES string of the molecule is CN(CC1CCc2nc(C(F)(F)F)cn2C1)c1ncc(C(N)=O)cc1Cl. The summed E-state index contributed by atoms with van der Waals surface area (Å²) >= 11 is 6.17. The van der Waals surface area contributed by atoms with Crippen molar-refractivity contribution in [3.8, 4) is 0 Å². The van der Waals surface area contributed by atoms with Crippen LogP contribution in [-0.2, 0) is 19.1 Å². The van der Waals surface area contributed by atoms with Gasteiger partial charge in [0, 0.05) is 39.0 Å². The minimum atomic E-state index is -4.43. The molecular weight excluding hydrogens is 371 g/mol. The fourth-order valence-corrected chi connectivity index (χ4v) is 3.43. The molecule has 6 nitrogen and oxygen atoms in total. The standard InChI is InChI=1S/C16H17ClF3N5O/c1-24(15-11(17)4-10(5-22-15)14(21)26)6-9-2-3-13-23-12(16(18,19)20)8-25(13)7-9/h4-5,8-9H,2-3,6-7H2,1H3,(H2,21,26). The Morgan fingerprint density at radius 3 is 2.85 bits per heavy atom. The molecule has 0 bridgehead atoms. The van der Waals surface area contributed by atoms with Crippen LogP contribution in [0.5, 0.6) is 0 Å². The van der Waals surface area contributed by atoms with Crippen molar-refractivity contribution in [3.05, 3.63) is 40.6 Å². The van der Waals surface area contributed by atoms with Gasteiger partial charge in [0.15, 0.2) is 5.69 Å². The number of imidazole rings is 1. The lowest BCUT2D eigenvalue weighted by Gasteiger charge is -2.29. The molecule has 140 valence electrons. The molecule has 1 unspecified atom stereocenters. The van der Waals surface area contributed by atoms with E-state index in [2.05, 4.69) is 9.97 Å². The van der Waals surface area contributed by atoms with Crippen LogP contribution < -0.4 is 10.6 Å². The highest BCUT2D eigenvalue weighted by Crippen LogP contribution is 2.31. The van der Waals surface area contributed by atoms with Crippen LogP contribution in [-0.4, -0.2) is 34.0 Å². The molecule has 1 atom stereocenters. The highest BCUT2D eigenvalue weighted by Gasteiger charge is 2.35. The van der Waals surface area contributed by atoms with Gasteiger partial charge in [0.1, 0.15) is 11.6 Å². The van der Waals surface area contributed by atoms with Gasteiger partial charge in [-0.3, -0.25) is 4.79 Å². The average Bonchev–Trinajstić information content (AvgIpc) is 2.98. The van der Waals surface area contributed by atoms with Crippen molar-refractivity contribution < 1.29 is 18.0 Å². The van der Waals surface area contributed by atoms with Crippen LogP contribution in [0.1, 0.15) is 28.3 Å². The number of anilines is 1. The van der Waals surface area contributed by atoms with Gasteiger partial charge in [-0.15, -0.1) is 0 Å². The fraction of sp³-hybridized carbons (Fsp3) is 0.438. The van der Waals surface area contributed by atoms with E-state index in [0.29, 0.717) is 36.2 Å². The molecule has 0 aliphatic carbocycles. The summed E-state index contributed by atoms with van der Waals surface area (Å²) in [5.74, 6) is 0.452. The van der Waals surface area contributed by atoms with Gasteiger partial charge in [0.05, 0.1) is 10.6 Å². The molecule has 2 aromatic rings. The topological polar surface area (TPSA) is 77.0 Å². The van der Waals surface area contributed by atoms with E-state index >= 15 is 0 Å². The summed E-state index contributed by atoms with van der Waals surface area (Å²) in [5, 5.41) is 0.294. The van der Waals surface area contributed by atoms with Crippen LogP contribution in [0, 0.1) is 5.92 Å². The molecule has 10 heteroatoms. The lowest BCUT2D eigenvalue weighted by atomic mass is 9.99. The van der Waals surface area contributed by atoms with Crippen LogP contribution in [0.4, 0.5) is 19.0 Å². The normalized spacial score (nSPS) is 17.0. The minimum Gasteiger partial charge on any atom is -0.366 e. The molecular formula is C16H17ClF3N5O. The van der Waals surface area contributed by atoms with Gasteiger partial charge in [-0.05, 0) is 18.4 Å². The van der Waals surface area contributed by atoms with Gasteiger partial charge in [-0.2, -0.15) is 13.2 Å². The summed E-state index contributed by atoms with van der Waals surface area (Å²) in [6.07, 6.45) is -0.818. The molecule has 1 aliphatic rings. The number of halogens is 4. The molecule has 0 saturated carbocycles. The van der Waals surface area contributed by atoms with Crippen molar-refractivity contribution >= 4 is 23.3 Å². The first-order chi connectivity index (χ1) is 12.1. The molecule has 0 radical (unpaired) electrons. The third-order valence-electron chi connectivity index (χ3n) is 4.38. The first-order valence-corrected chi connectivity index (χ1v) is 8.32. The number of nitrogens with zero attached hydrogens (tertiary/aromatic N) is 4. The molecule has 1 amide bonds. The van der Waals surface area contributed by atoms with Crippen molar-refractivity contribution in [2.75, 3.05) is 18.5 Å². The number of carbonyl (C=O) groups is 1. The van der Waals surface area contributed by atoms with Crippen molar-refractivity contribution in [1.29, 1.82) is 0 Å². The summed E-state index contributed by atoms with van der Waals surface area (Å²) < 4.78 is 40.0. The van der Waals surface area contributed by atoms with E-state index in [-0.39, 0.29) is 11.5 Å². The zero-order chi connectivity index (χ0) is 19.1. The predicted octanol–water partition coefficient (Wildman–Crippen LogP) is 2.75. The Kier molecular flexibility index (Phi) is 4.83. The number of hydrogen-bond donors (Lipinski definition) is 1. The molecule has 1 aliphatic heterocycles. The number of alkyl halides is 3. The van der Waals surface area contributed by atoms with Crippen molar-refractivity contribution in [3.63, 3.8) is 0 Å². The highest BCUT2D eigenvalue weighted by atomic mass is 35.5. The fourth-order valence-electron chi connectivity index (χ4n) is 3.12. The number of primary amides is 1. The average molecular weight is 388 g/mol. The Hall–Kier alpha value is -2.29. The molecule has 0 aromatic carbocycles. The zero-order valence-corrected chi connectivity index (χ0v) is 14.7. The largest absolute Gasteiger partial charge is 0.434 e. The van der Waals surface area contributed by atoms with E-state index in [1.807, 2.05) is 4.90 Å². The number of rotatable bonds is 4. The minimum absolute atomic E-state index is 0.122. The smallest absolute Gasteiger partial charge is 0.366 e. The Balaban J connectivity index is 1.70. The zero-order valence-electron chi connectivity index (χ0n) is 13.9. The molecule has 0 saturated heterocycles. The van der Waals surface area contributed by atoms with Gasteiger partial charge in [0.2, 0.25) is 5.91 Å². The molecule has 0 spiro atoms. The van der Waals surface area contributed by atoms with Gasteiger partial charge >= 0.3 is 6.18 Å². The van der Waals surface area contributed by atoms with E-state index in [1.165, 1.54) is 12.3 Å². The number of amides is 1. The maximum absolute atomic E-state index is 12.8. The van der Waals surface area contributed by atoms with Crippen LogP contribution in [0.25, 0.3) is 0 Å². The van der Waals surface area contributed by atoms with Crippen LogP contribution in [0.15, 0.2) is 18.5 Å². The number of hydrogen-bond acceptors (Lipinski definition) is 4.